The summed E-state index contributed by atoms with van der Waals surface area (Å²) in [4.78, 5) is 21.8. The zero-order chi connectivity index (χ0) is 32.0. The molecule has 10 nitrogen and oxygen atoms in total. The van der Waals surface area contributed by atoms with Crippen molar-refractivity contribution in [1.82, 2.24) is 5.32 Å². The van der Waals surface area contributed by atoms with Gasteiger partial charge >= 0.3 is 26.4 Å². The quantitative estimate of drug-likeness (QED) is 0.109. The average Bonchev–Trinajstić information content (AvgIpc) is 2.89. The Morgan fingerprint density at radius 1 is 0.905 bits per heavy atom. The Labute approximate surface area is 239 Å². The maximum Gasteiger partial charge on any atom is 0.488 e. The van der Waals surface area contributed by atoms with E-state index in [1.54, 1.807) is 0 Å². The third-order valence-corrected chi connectivity index (χ3v) is 8.37. The molecule has 0 heterocycles. The fraction of sp³-hybridized carbons (Fsp3) is 0.417. The molecule has 42 heavy (non-hydrogen) atoms. The van der Waals surface area contributed by atoms with Crippen molar-refractivity contribution in [3.8, 4) is 0 Å². The molecule has 0 aliphatic carbocycles. The number of nitrogens with zero attached hydrogens (tertiary/aromatic N) is 1. The van der Waals surface area contributed by atoms with Gasteiger partial charge in [-0.1, -0.05) is 25.5 Å². The average molecular weight is 622 g/mol. The lowest BCUT2D eigenvalue weighted by Gasteiger charge is -2.19. The Kier molecular flexibility index (Phi) is 11.7. The van der Waals surface area contributed by atoms with E-state index in [9.17, 15) is 55.8 Å². The molecule has 230 valence electrons. The molecule has 0 aromatic heterocycles. The van der Waals surface area contributed by atoms with E-state index in [1.807, 2.05) is 0 Å². The van der Waals surface area contributed by atoms with E-state index < -0.39 is 92.2 Å². The van der Waals surface area contributed by atoms with Crippen molar-refractivity contribution < 1.29 is 61.0 Å². The third-order valence-electron chi connectivity index (χ3n) is 6.12. The Bertz CT molecular complexity index is 1330. The molecular weight excluding hydrogens is 593 g/mol. The van der Waals surface area contributed by atoms with Gasteiger partial charge in [-0.2, -0.15) is 13.2 Å². The Balaban J connectivity index is 2.63. The standard InChI is InChI=1S/C24H29B2F5N2O8S/c1-14(22(35)36)5-3-4-6-32-21(34)13-33-42(41,19-9-15(23(2,27)28)7-17(11-19)25(37)38)20-10-16(24(29,30)31)8-18(12-20)26(39)40/h7-12,14,37-40H,3-6,13H2,1-2H3,(H,32,34)(H,35,36)/t14-,42?/m0/s1. The van der Waals surface area contributed by atoms with E-state index >= 15 is 0 Å². The van der Waals surface area contributed by atoms with E-state index in [-0.39, 0.29) is 6.54 Å². The van der Waals surface area contributed by atoms with Gasteiger partial charge in [-0.3, -0.25) is 9.59 Å². The number of rotatable bonds is 13. The highest BCUT2D eigenvalue weighted by Crippen LogP contribution is 2.34. The van der Waals surface area contributed by atoms with Crippen LogP contribution < -0.4 is 16.2 Å². The summed E-state index contributed by atoms with van der Waals surface area (Å²) in [6.45, 7) is 1.05. The van der Waals surface area contributed by atoms with E-state index in [4.69, 9.17) is 5.11 Å². The molecule has 0 aliphatic heterocycles. The summed E-state index contributed by atoms with van der Waals surface area (Å²) in [5, 5.41) is 49.8. The lowest BCUT2D eigenvalue weighted by molar-refractivity contribution is -0.141. The first-order chi connectivity index (χ1) is 19.3. The fourth-order valence-electron chi connectivity index (χ4n) is 3.70. The molecule has 2 aromatic carbocycles. The molecule has 0 fully saturated rings. The molecule has 0 aliphatic rings. The van der Waals surface area contributed by atoms with Gasteiger partial charge < -0.3 is 30.5 Å². The van der Waals surface area contributed by atoms with E-state index in [2.05, 4.69) is 9.68 Å². The molecule has 0 saturated heterocycles. The van der Waals surface area contributed by atoms with Gasteiger partial charge in [0.1, 0.15) is 16.3 Å². The second-order valence-electron chi connectivity index (χ2n) is 9.61. The first-order valence-corrected chi connectivity index (χ1v) is 14.0. The van der Waals surface area contributed by atoms with Gasteiger partial charge in [0, 0.05) is 19.0 Å². The molecule has 1 amide bonds. The number of nitrogens with one attached hydrogen (secondary N) is 1. The summed E-state index contributed by atoms with van der Waals surface area (Å²) >= 11 is 0. The fourth-order valence-corrected chi connectivity index (χ4v) is 5.73. The van der Waals surface area contributed by atoms with Crippen molar-refractivity contribution in [2.24, 2.45) is 10.3 Å². The molecule has 2 aromatic rings. The van der Waals surface area contributed by atoms with Crippen LogP contribution in [0.4, 0.5) is 22.0 Å². The summed E-state index contributed by atoms with van der Waals surface area (Å²) in [6, 6.07) is 3.49. The number of alkyl halides is 5. The molecular formula is C24H29B2F5N2O8S. The maximum atomic E-state index is 14.4. The normalized spacial score (nSPS) is 14.1. The maximum absolute atomic E-state index is 14.4. The molecule has 2 rings (SSSR count). The number of halogens is 5. The largest absolute Gasteiger partial charge is 0.488 e. The highest BCUT2D eigenvalue weighted by atomic mass is 32.2. The van der Waals surface area contributed by atoms with Crippen molar-refractivity contribution in [2.75, 3.05) is 13.1 Å². The highest BCUT2D eigenvalue weighted by molar-refractivity contribution is 7.93. The van der Waals surface area contributed by atoms with Gasteiger partial charge in [0.25, 0.3) is 5.92 Å². The summed E-state index contributed by atoms with van der Waals surface area (Å²) in [5.74, 6) is -6.09. The van der Waals surface area contributed by atoms with E-state index in [1.165, 1.54) is 6.92 Å². The van der Waals surface area contributed by atoms with Crippen LogP contribution in [0.25, 0.3) is 0 Å². The van der Waals surface area contributed by atoms with Crippen LogP contribution in [0.5, 0.6) is 0 Å². The van der Waals surface area contributed by atoms with Crippen LogP contribution >= 0.6 is 0 Å². The zero-order valence-electron chi connectivity index (χ0n) is 22.4. The summed E-state index contributed by atoms with van der Waals surface area (Å²) in [5.41, 5.74) is -3.73. The highest BCUT2D eigenvalue weighted by Gasteiger charge is 2.35. The minimum Gasteiger partial charge on any atom is -0.481 e. The number of hydrogen-bond acceptors (Lipinski definition) is 8. The molecule has 1 unspecified atom stereocenters. The molecule has 0 saturated carbocycles. The lowest BCUT2D eigenvalue weighted by Crippen LogP contribution is -2.33. The number of carbonyl (C=O) groups excluding carboxylic acids is 1. The summed E-state index contributed by atoms with van der Waals surface area (Å²) in [6.07, 6.45) is -3.96. The molecule has 6 N–H and O–H groups in total. The van der Waals surface area contributed by atoms with Crippen LogP contribution in [0.1, 0.15) is 44.2 Å². The lowest BCUT2D eigenvalue weighted by atomic mass is 9.79. The van der Waals surface area contributed by atoms with Gasteiger partial charge in [-0.05, 0) is 48.0 Å². The van der Waals surface area contributed by atoms with Crippen LogP contribution in [0.2, 0.25) is 0 Å². The van der Waals surface area contributed by atoms with Gasteiger partial charge in [-0.15, -0.1) is 0 Å². The number of carboxylic acids is 1. The second kappa shape index (κ2) is 13.9. The SMILES string of the molecule is C[C@@H](CCCCNC(=O)CN=S(=O)(c1cc(B(O)O)cc(C(C)(F)F)c1)c1cc(B(O)O)cc(C(F)(F)F)c1)C(=O)O. The topological polar surface area (TPSA) is 177 Å². The monoisotopic (exact) mass is 622 g/mol. The van der Waals surface area contributed by atoms with E-state index in [0.717, 1.165) is 6.07 Å². The van der Waals surface area contributed by atoms with E-state index in [0.29, 0.717) is 56.5 Å². The predicted molar refractivity (Wildman–Crippen MR) is 143 cm³/mol. The summed E-state index contributed by atoms with van der Waals surface area (Å²) < 4.78 is 87.7. The van der Waals surface area contributed by atoms with Gasteiger partial charge in [0.2, 0.25) is 5.91 Å². The van der Waals surface area contributed by atoms with Gasteiger partial charge in [-0.25, -0.2) is 17.4 Å². The first-order valence-electron chi connectivity index (χ1n) is 12.5. The number of aliphatic carboxylic acids is 1. The number of carbonyl (C=O) groups is 2. The van der Waals surface area contributed by atoms with Crippen LogP contribution in [0.15, 0.2) is 50.6 Å². The van der Waals surface area contributed by atoms with Gasteiger partial charge in [0.15, 0.2) is 0 Å². The molecule has 18 heteroatoms. The van der Waals surface area contributed by atoms with Crippen LogP contribution in [0.3, 0.4) is 0 Å². The second-order valence-corrected chi connectivity index (χ2v) is 11.9. The van der Waals surface area contributed by atoms with Crippen molar-refractivity contribution in [1.29, 1.82) is 0 Å². The first kappa shape index (κ1) is 35.1. The zero-order valence-corrected chi connectivity index (χ0v) is 23.3. The Morgan fingerprint density at radius 3 is 1.86 bits per heavy atom. The molecule has 2 atom stereocenters. The van der Waals surface area contributed by atoms with Crippen molar-refractivity contribution in [3.05, 3.63) is 47.5 Å². The number of hydrogen-bond donors (Lipinski definition) is 6. The molecule has 0 bridgehead atoms. The van der Waals surface area contributed by atoms with Crippen LogP contribution in [-0.2, 0) is 31.4 Å². The molecule has 0 spiro atoms. The van der Waals surface area contributed by atoms with Crippen molar-refractivity contribution in [3.63, 3.8) is 0 Å². The van der Waals surface area contributed by atoms with Crippen LogP contribution in [-0.4, -0.2) is 68.6 Å². The number of amides is 1. The molecule has 0 radical (unpaired) electrons. The Hall–Kier alpha value is -3.05. The van der Waals surface area contributed by atoms with Gasteiger partial charge in [0.05, 0.1) is 21.3 Å². The number of unbranched alkanes of at least 4 members (excludes halogenated alkanes) is 1. The smallest absolute Gasteiger partial charge is 0.481 e. The van der Waals surface area contributed by atoms with Crippen LogP contribution in [0, 0.1) is 5.92 Å². The van der Waals surface area contributed by atoms with Crippen molar-refractivity contribution in [2.45, 2.75) is 55.0 Å². The Morgan fingerprint density at radius 2 is 1.40 bits per heavy atom. The minimum atomic E-state index is -5.08. The van der Waals surface area contributed by atoms with Crippen molar-refractivity contribution >= 4 is 46.8 Å². The predicted octanol–water partition coefficient (Wildman–Crippen LogP) is 1.07. The number of benzene rings is 2. The summed E-state index contributed by atoms with van der Waals surface area (Å²) in [7, 11) is -9.29. The number of carboxylic acid groups (broad SMARTS) is 1. The minimum absolute atomic E-state index is 0.0463. The third kappa shape index (κ3) is 9.49.